The minimum absolute atomic E-state index is 0.0299. The molecule has 1 fully saturated rings. The number of rotatable bonds is 19. The van der Waals surface area contributed by atoms with Gasteiger partial charge in [0.25, 0.3) is 5.92 Å². The second kappa shape index (κ2) is 19.7. The number of aryl methyl sites for hydroxylation is 1. The van der Waals surface area contributed by atoms with Gasteiger partial charge < -0.3 is 19.8 Å². The molecule has 3 N–H and O–H groups in total. The number of hydrogen-bond donors (Lipinski definition) is 3. The number of nitrogens with one attached hydrogen (secondary N) is 1. The number of fused-ring (bicyclic) bond motifs is 4. The average Bonchev–Trinajstić information content (AvgIpc) is 3.75. The number of hydrogen-bond acceptors (Lipinski definition) is 11. The number of aromatic nitrogens is 5. The first-order valence-electron chi connectivity index (χ1n) is 21.8. The Labute approximate surface area is 419 Å². The Morgan fingerprint density at radius 3 is 2.19 bits per heavy atom. The molecular weight excluding hydrogens is 1100 g/mol. The van der Waals surface area contributed by atoms with Gasteiger partial charge in [0.05, 0.1) is 51.2 Å². The van der Waals surface area contributed by atoms with Crippen molar-refractivity contribution in [3.8, 4) is 11.1 Å². The lowest BCUT2D eigenvalue weighted by Crippen LogP contribution is -2.35. The van der Waals surface area contributed by atoms with Gasteiger partial charge in [0.15, 0.2) is 28.1 Å². The Morgan fingerprint density at radius 1 is 0.973 bits per heavy atom. The predicted octanol–water partition coefficient (Wildman–Crippen LogP) is 7.71. The SMILES string of the molecule is CC(C)(CCc1ccc(-c2ccc(Cl)c3c(N(COC(=O)CCP(=O)(O)O)S(C)(=O)=O)nn(CC(F)(F)F)c23)c([C@H](Cc2cc(F)cc(F)c2)NC(=O)Cn2nc(C(F)(F)F)c3c2C(F)(F)C2C[C@H]32)n1)S(C)(=O)=O. The molecule has 1 saturated carbocycles. The molecule has 404 valence electrons. The summed E-state index contributed by atoms with van der Waals surface area (Å²) in [6, 6.07) is 5.05. The smallest absolute Gasteiger partial charge is 0.435 e. The van der Waals surface area contributed by atoms with E-state index in [0.29, 0.717) is 12.3 Å². The molecule has 7 rings (SSSR count). The molecule has 2 aromatic carbocycles. The first kappa shape index (κ1) is 56.4. The van der Waals surface area contributed by atoms with Crippen molar-refractivity contribution in [1.29, 1.82) is 0 Å². The molecule has 0 radical (unpaired) electrons. The van der Waals surface area contributed by atoms with Gasteiger partial charge in [-0.3, -0.25) is 28.5 Å². The number of carbonyl (C=O) groups excluding carboxylic acids is 2. The van der Waals surface area contributed by atoms with Crippen LogP contribution in [0.5, 0.6) is 0 Å². The Balaban J connectivity index is 1.43. The third-order valence-electron chi connectivity index (χ3n) is 12.5. The number of sulfone groups is 1. The van der Waals surface area contributed by atoms with Crippen LogP contribution in [-0.4, -0.2) is 99.4 Å². The van der Waals surface area contributed by atoms with Gasteiger partial charge in [-0.05, 0) is 75.3 Å². The normalized spacial score (nSPS) is 17.3. The maximum atomic E-state index is 15.6. The lowest BCUT2D eigenvalue weighted by atomic mass is 9.93. The zero-order valence-corrected chi connectivity index (χ0v) is 42.2. The Bertz CT molecular complexity index is 3330. The molecule has 0 spiro atoms. The standard InChI is InChI=1S/C43H43ClF10N7O10PS2/c1-40(2,73(3,67)68)11-9-24-5-6-25(26-7-8-29(44)34-36(26)60(19-41(47,48)49)58-39(34)61(74(4,69)70)20-71-32(63)10-12-72(64,65)66)35(55-24)30(15-21-13-22(45)16-23(46)14-21)56-31(62)18-59-38-33(37(57-59)43(52,53)54)27-17-28(27)42(38,50)51/h5-8,13-14,16,27-28,30H,9-12,15,17-20H2,1-4H3,(H,56,62)(H2,64,65,66)/t27-,28?,30-/m0/s1. The van der Waals surface area contributed by atoms with Crippen molar-refractivity contribution in [1.82, 2.24) is 29.9 Å². The average molecular weight is 1140 g/mol. The van der Waals surface area contributed by atoms with Crippen LogP contribution in [0.1, 0.15) is 79.0 Å². The number of alkyl halides is 8. The highest BCUT2D eigenvalue weighted by Crippen LogP contribution is 2.68. The van der Waals surface area contributed by atoms with Crippen LogP contribution in [0.2, 0.25) is 5.02 Å². The van der Waals surface area contributed by atoms with E-state index in [4.69, 9.17) is 16.3 Å². The van der Waals surface area contributed by atoms with Gasteiger partial charge in [0.2, 0.25) is 15.9 Å². The first-order chi connectivity index (χ1) is 33.9. The molecule has 3 atom stereocenters. The highest BCUT2D eigenvalue weighted by molar-refractivity contribution is 7.92. The fourth-order valence-corrected chi connectivity index (χ4v) is 10.5. The highest BCUT2D eigenvalue weighted by atomic mass is 35.5. The Morgan fingerprint density at radius 2 is 1.61 bits per heavy atom. The van der Waals surface area contributed by atoms with Crippen molar-refractivity contribution in [2.24, 2.45) is 5.92 Å². The topological polar surface area (TPSA) is 233 Å². The number of carbonyl (C=O) groups is 2. The van der Waals surface area contributed by atoms with E-state index in [0.717, 1.165) is 30.5 Å². The first-order valence-corrected chi connectivity index (χ1v) is 27.7. The number of benzene rings is 2. The third kappa shape index (κ3) is 12.2. The molecule has 2 aliphatic rings. The summed E-state index contributed by atoms with van der Waals surface area (Å²) in [5, 5.41) is 8.73. The zero-order chi connectivity index (χ0) is 55.1. The van der Waals surface area contributed by atoms with Gasteiger partial charge >= 0.3 is 25.9 Å². The van der Waals surface area contributed by atoms with Gasteiger partial charge in [0.1, 0.15) is 30.4 Å². The summed E-state index contributed by atoms with van der Waals surface area (Å²) >= 11 is 6.62. The number of halogens is 11. The van der Waals surface area contributed by atoms with Crippen molar-refractivity contribution in [2.45, 2.75) is 94.0 Å². The molecule has 0 bridgehead atoms. The summed E-state index contributed by atoms with van der Waals surface area (Å²) < 4.78 is 215. The number of amides is 1. The molecule has 31 heteroatoms. The molecule has 1 unspecified atom stereocenters. The molecule has 1 amide bonds. The lowest BCUT2D eigenvalue weighted by Gasteiger charge is -2.25. The molecule has 2 aliphatic carbocycles. The van der Waals surface area contributed by atoms with Crippen LogP contribution in [0, 0.1) is 17.6 Å². The summed E-state index contributed by atoms with van der Waals surface area (Å²) in [5.41, 5.74) is -5.40. The van der Waals surface area contributed by atoms with Gasteiger partial charge in [-0.1, -0.05) is 23.7 Å². The van der Waals surface area contributed by atoms with Crippen molar-refractivity contribution < 1.29 is 89.4 Å². The quantitative estimate of drug-likeness (QED) is 0.0312. The molecular formula is C43H43ClF10N7O10PS2. The maximum Gasteiger partial charge on any atom is 0.435 e. The van der Waals surface area contributed by atoms with Gasteiger partial charge in [-0.15, -0.1) is 0 Å². The van der Waals surface area contributed by atoms with Gasteiger partial charge in [-0.25, -0.2) is 29.9 Å². The van der Waals surface area contributed by atoms with Crippen LogP contribution >= 0.6 is 19.2 Å². The van der Waals surface area contributed by atoms with E-state index in [-0.39, 0.29) is 55.3 Å². The van der Waals surface area contributed by atoms with E-state index in [1.165, 1.54) is 26.0 Å². The van der Waals surface area contributed by atoms with Crippen LogP contribution < -0.4 is 9.62 Å². The van der Waals surface area contributed by atoms with Crippen LogP contribution in [-0.2, 0) is 76.8 Å². The minimum atomic E-state index is -5.23. The van der Waals surface area contributed by atoms with E-state index in [2.05, 4.69) is 20.5 Å². The number of anilines is 1. The molecule has 5 aromatic rings. The highest BCUT2D eigenvalue weighted by Gasteiger charge is 2.68. The van der Waals surface area contributed by atoms with E-state index in [9.17, 15) is 75.9 Å². The van der Waals surface area contributed by atoms with E-state index in [1.54, 1.807) is 0 Å². The third-order valence-corrected chi connectivity index (χ3v) is 16.9. The molecule has 0 saturated heterocycles. The number of esters is 1. The molecule has 74 heavy (non-hydrogen) atoms. The van der Waals surface area contributed by atoms with Gasteiger partial charge in [0, 0.05) is 40.6 Å². The molecule has 17 nitrogen and oxygen atoms in total. The number of ether oxygens (including phenoxy) is 1. The summed E-state index contributed by atoms with van der Waals surface area (Å²) in [7, 11) is -13.2. The van der Waals surface area contributed by atoms with Crippen molar-refractivity contribution in [2.75, 3.05) is 29.7 Å². The van der Waals surface area contributed by atoms with E-state index < -0.39 is 175 Å². The van der Waals surface area contributed by atoms with E-state index in [1.807, 2.05) is 0 Å². The maximum absolute atomic E-state index is 15.6. The summed E-state index contributed by atoms with van der Waals surface area (Å²) in [6.45, 7) is -1.82. The number of nitrogens with zero attached hydrogens (tertiary/aromatic N) is 6. The van der Waals surface area contributed by atoms with Crippen LogP contribution in [0.3, 0.4) is 0 Å². The second-order valence-corrected chi connectivity index (χ2v) is 25.3. The van der Waals surface area contributed by atoms with Crippen molar-refractivity contribution in [3.63, 3.8) is 0 Å². The molecule has 3 heterocycles. The Kier molecular flexibility index (Phi) is 15.0. The second-order valence-electron chi connectivity index (χ2n) is 18.5. The van der Waals surface area contributed by atoms with E-state index >= 15 is 8.78 Å². The van der Waals surface area contributed by atoms with Crippen LogP contribution in [0.15, 0.2) is 42.5 Å². The minimum Gasteiger partial charge on any atom is -0.443 e. The largest absolute Gasteiger partial charge is 0.443 e. The van der Waals surface area contributed by atoms with Crippen molar-refractivity contribution in [3.05, 3.63) is 93.0 Å². The predicted molar refractivity (Wildman–Crippen MR) is 244 cm³/mol. The molecule has 0 aliphatic heterocycles. The Hall–Kier alpha value is -5.35. The summed E-state index contributed by atoms with van der Waals surface area (Å²) in [6.07, 6.45) is -12.1. The molecule has 3 aromatic heterocycles. The summed E-state index contributed by atoms with van der Waals surface area (Å²) in [4.78, 5) is 49.7. The fraction of sp³-hybridized carbons (Fsp3) is 0.465. The van der Waals surface area contributed by atoms with Crippen molar-refractivity contribution >= 4 is 67.7 Å². The van der Waals surface area contributed by atoms with Crippen LogP contribution in [0.25, 0.3) is 22.0 Å². The van der Waals surface area contributed by atoms with Gasteiger partial charge in [-0.2, -0.15) is 45.3 Å². The van der Waals surface area contributed by atoms with Crippen LogP contribution in [0.4, 0.5) is 49.7 Å². The monoisotopic (exact) mass is 1140 g/mol. The lowest BCUT2D eigenvalue weighted by molar-refractivity contribution is -0.143. The summed E-state index contributed by atoms with van der Waals surface area (Å²) in [5.74, 6) is -12.4. The zero-order valence-electron chi connectivity index (χ0n) is 38.9. The number of sulfonamides is 1. The number of pyridine rings is 1. The fourth-order valence-electron chi connectivity index (χ4n) is 8.61.